The monoisotopic (exact) mass is 597 g/mol. The molecule has 4 rings (SSSR count). The van der Waals surface area contributed by atoms with Crippen molar-refractivity contribution >= 4 is 23.4 Å². The molecule has 3 aliphatic rings. The third kappa shape index (κ3) is 6.66. The number of benzene rings is 1. The van der Waals surface area contributed by atoms with E-state index in [9.17, 15) is 23.5 Å². The van der Waals surface area contributed by atoms with Gasteiger partial charge in [-0.2, -0.15) is 0 Å². The molecule has 0 radical (unpaired) electrons. The summed E-state index contributed by atoms with van der Waals surface area (Å²) in [7, 11) is 0. The average molecular weight is 598 g/mol. The zero-order valence-electron chi connectivity index (χ0n) is 23.7. The first-order chi connectivity index (χ1) is 19.2. The van der Waals surface area contributed by atoms with Crippen LogP contribution in [0.1, 0.15) is 58.4 Å². The van der Waals surface area contributed by atoms with Crippen molar-refractivity contribution in [3.05, 3.63) is 58.0 Å². The summed E-state index contributed by atoms with van der Waals surface area (Å²) in [4.78, 5) is 27.4. The Bertz CT molecular complexity index is 1240. The van der Waals surface area contributed by atoms with Crippen molar-refractivity contribution in [1.82, 2.24) is 16.0 Å². The summed E-state index contributed by atoms with van der Waals surface area (Å²) in [6.07, 6.45) is 1.39. The molecule has 7 nitrogen and oxygen atoms in total. The lowest BCUT2D eigenvalue weighted by Crippen LogP contribution is -2.53. The largest absolute Gasteiger partial charge is 0.394 e. The van der Waals surface area contributed by atoms with Crippen LogP contribution in [0.3, 0.4) is 0 Å². The normalized spacial score (nSPS) is 28.7. The van der Waals surface area contributed by atoms with E-state index in [0.29, 0.717) is 17.9 Å². The van der Waals surface area contributed by atoms with Crippen LogP contribution in [0.2, 0.25) is 5.02 Å². The van der Waals surface area contributed by atoms with Crippen LogP contribution >= 0.6 is 11.6 Å². The molecule has 11 heteroatoms. The van der Waals surface area contributed by atoms with Gasteiger partial charge in [-0.3, -0.25) is 9.59 Å². The molecule has 1 aromatic rings. The van der Waals surface area contributed by atoms with Crippen molar-refractivity contribution in [2.24, 2.45) is 29.1 Å². The second-order valence-corrected chi connectivity index (χ2v) is 13.1. The van der Waals surface area contributed by atoms with Crippen molar-refractivity contribution in [2.45, 2.75) is 71.1 Å². The molecular formula is C30H39ClF3N3O4. The van der Waals surface area contributed by atoms with Gasteiger partial charge in [-0.15, -0.1) is 0 Å². The van der Waals surface area contributed by atoms with Crippen LogP contribution in [-0.4, -0.2) is 53.4 Å². The van der Waals surface area contributed by atoms with Crippen LogP contribution in [0.15, 0.2) is 41.6 Å². The van der Waals surface area contributed by atoms with Crippen LogP contribution in [0.5, 0.6) is 0 Å². The fourth-order valence-electron chi connectivity index (χ4n) is 7.09. The summed E-state index contributed by atoms with van der Waals surface area (Å²) >= 11 is 6.13. The maximum Gasteiger partial charge on any atom is 0.237 e. The van der Waals surface area contributed by atoms with E-state index < -0.39 is 77.8 Å². The number of halogens is 4. The van der Waals surface area contributed by atoms with Gasteiger partial charge < -0.3 is 26.2 Å². The number of aliphatic hydroxyl groups excluding tert-OH is 2. The number of aliphatic hydroxyl groups is 2. The van der Waals surface area contributed by atoms with Gasteiger partial charge in [0.25, 0.3) is 0 Å². The van der Waals surface area contributed by atoms with Gasteiger partial charge in [-0.25, -0.2) is 13.2 Å². The maximum atomic E-state index is 15.8. The van der Waals surface area contributed by atoms with Crippen LogP contribution in [0.25, 0.3) is 0 Å². The lowest BCUT2D eigenvalue weighted by Gasteiger charge is -2.44. The van der Waals surface area contributed by atoms with E-state index in [1.165, 1.54) is 12.1 Å². The number of carbonyl (C=O) groups excluding carboxylic acids is 2. The van der Waals surface area contributed by atoms with Crippen molar-refractivity contribution < 1.29 is 33.0 Å². The zero-order valence-corrected chi connectivity index (χ0v) is 24.4. The summed E-state index contributed by atoms with van der Waals surface area (Å²) in [5.74, 6) is -7.67. The predicted octanol–water partition coefficient (Wildman–Crippen LogP) is 4.25. The highest BCUT2D eigenvalue weighted by Gasteiger charge is 2.58. The number of carbonyl (C=O) groups is 2. The first kappa shape index (κ1) is 31.5. The number of rotatable bonds is 10. The van der Waals surface area contributed by atoms with Gasteiger partial charge in [-0.1, -0.05) is 45.4 Å². The van der Waals surface area contributed by atoms with Crippen LogP contribution in [-0.2, 0) is 9.59 Å². The van der Waals surface area contributed by atoms with E-state index in [1.807, 2.05) is 0 Å². The topological polar surface area (TPSA) is 111 Å². The summed E-state index contributed by atoms with van der Waals surface area (Å²) < 4.78 is 45.0. The Morgan fingerprint density at radius 1 is 1.15 bits per heavy atom. The Balaban J connectivity index is 1.85. The number of piperidine rings is 1. The smallest absolute Gasteiger partial charge is 0.237 e. The van der Waals surface area contributed by atoms with Gasteiger partial charge in [0.2, 0.25) is 11.8 Å². The summed E-state index contributed by atoms with van der Waals surface area (Å²) in [6.45, 7) is 7.91. The van der Waals surface area contributed by atoms with Crippen LogP contribution in [0.4, 0.5) is 13.2 Å². The molecule has 0 spiro atoms. The van der Waals surface area contributed by atoms with Crippen LogP contribution in [0, 0.1) is 34.9 Å². The molecule has 5 N–H and O–H groups in total. The Kier molecular flexibility index (Phi) is 9.58. The third-order valence-electron chi connectivity index (χ3n) is 8.41. The lowest BCUT2D eigenvalue weighted by atomic mass is 9.63. The first-order valence-electron chi connectivity index (χ1n) is 14.1. The molecule has 2 amide bonds. The van der Waals surface area contributed by atoms with E-state index >= 15 is 4.39 Å². The fourth-order valence-corrected chi connectivity index (χ4v) is 7.28. The number of amides is 2. The van der Waals surface area contributed by atoms with Gasteiger partial charge in [0.15, 0.2) is 5.83 Å². The van der Waals surface area contributed by atoms with Crippen molar-refractivity contribution in [3.8, 4) is 0 Å². The number of hydrogen-bond donors (Lipinski definition) is 5. The minimum Gasteiger partial charge on any atom is -0.394 e. The molecule has 2 fully saturated rings. The Hall–Kier alpha value is -2.40. The minimum absolute atomic E-state index is 0.0247. The van der Waals surface area contributed by atoms with Gasteiger partial charge in [0, 0.05) is 36.0 Å². The molecule has 1 aliphatic carbocycles. The van der Waals surface area contributed by atoms with Gasteiger partial charge >= 0.3 is 0 Å². The van der Waals surface area contributed by atoms with Crippen LogP contribution < -0.4 is 16.0 Å². The van der Waals surface area contributed by atoms with Crippen molar-refractivity contribution in [2.75, 3.05) is 13.2 Å². The predicted molar refractivity (Wildman–Crippen MR) is 149 cm³/mol. The summed E-state index contributed by atoms with van der Waals surface area (Å²) in [5.41, 5.74) is 0.324. The standard InChI is InChI=1S/C30H39ClF3N3O4/c1-14(2)11-30(3,4)12-21-23-20-10-19(33)26(34)24(23)25(28(40)37-20)22(15-5-6-18(32)17(31)9-15)27(36-21)29(41)35-8-7-16(39)13-38/h5-6,9-10,14,16,21-25,27,36,38-39H,7-8,11-13H2,1-4H3,(H,35,41)(H,37,40)/t16-,21+,22+,23?,24?,25-,27+/m0/s1. The van der Waals surface area contributed by atoms with E-state index in [1.54, 1.807) is 0 Å². The molecule has 2 unspecified atom stereocenters. The number of hydrogen-bond acceptors (Lipinski definition) is 5. The molecule has 2 saturated heterocycles. The van der Waals surface area contributed by atoms with Crippen molar-refractivity contribution in [1.29, 1.82) is 0 Å². The summed E-state index contributed by atoms with van der Waals surface area (Å²) in [5, 5.41) is 27.7. The lowest BCUT2D eigenvalue weighted by molar-refractivity contribution is -0.130. The Morgan fingerprint density at radius 3 is 2.49 bits per heavy atom. The molecule has 7 atom stereocenters. The molecule has 2 heterocycles. The van der Waals surface area contributed by atoms with Gasteiger partial charge in [0.05, 0.1) is 29.7 Å². The molecule has 4 bridgehead atoms. The second kappa shape index (κ2) is 12.5. The highest BCUT2D eigenvalue weighted by atomic mass is 35.5. The van der Waals surface area contributed by atoms with Gasteiger partial charge in [-0.05, 0) is 54.4 Å². The second-order valence-electron chi connectivity index (χ2n) is 12.7. The highest BCUT2D eigenvalue weighted by Crippen LogP contribution is 2.53. The number of nitrogens with one attached hydrogen (secondary N) is 3. The molecule has 226 valence electrons. The Labute approximate surface area is 243 Å². The van der Waals surface area contributed by atoms with E-state index in [4.69, 9.17) is 16.7 Å². The molecule has 2 aliphatic heterocycles. The zero-order chi connectivity index (χ0) is 30.2. The average Bonchev–Trinajstić information content (AvgIpc) is 2.99. The third-order valence-corrected chi connectivity index (χ3v) is 8.70. The maximum absolute atomic E-state index is 15.8. The summed E-state index contributed by atoms with van der Waals surface area (Å²) in [6, 6.07) is 2.19. The van der Waals surface area contributed by atoms with E-state index in [2.05, 4.69) is 43.6 Å². The molecule has 41 heavy (non-hydrogen) atoms. The molecule has 1 aromatic carbocycles. The molecule has 0 aromatic heterocycles. The van der Waals surface area contributed by atoms with E-state index in [-0.39, 0.29) is 29.1 Å². The first-order valence-corrected chi connectivity index (χ1v) is 14.5. The number of allylic oxidation sites excluding steroid dienone is 3. The minimum atomic E-state index is -1.21. The molecule has 0 saturated carbocycles. The molecular weight excluding hydrogens is 559 g/mol. The highest BCUT2D eigenvalue weighted by molar-refractivity contribution is 6.30. The Morgan fingerprint density at radius 2 is 1.85 bits per heavy atom. The SMILES string of the molecule is CC(C)CC(C)(C)C[C@H]1N[C@@H](C(=O)NCC[C@H](O)CO)[C@H](c2ccc(F)c(Cl)c2)[C@@H]2C(=O)NC3=CC(F)=C(F)C2C31. The van der Waals surface area contributed by atoms with E-state index in [0.717, 1.165) is 18.6 Å². The quantitative estimate of drug-likeness (QED) is 0.277. The van der Waals surface area contributed by atoms with Crippen molar-refractivity contribution in [3.63, 3.8) is 0 Å². The van der Waals surface area contributed by atoms with Gasteiger partial charge in [0.1, 0.15) is 11.6 Å². The fraction of sp³-hybridized carbons (Fsp3) is 0.600.